The molecule has 144 valence electrons. The Kier molecular flexibility index (Phi) is 14.7. The van der Waals surface area contributed by atoms with Gasteiger partial charge in [0.05, 0.1) is 5.54 Å². The van der Waals surface area contributed by atoms with Crippen LogP contribution in [-0.2, 0) is 4.79 Å². The summed E-state index contributed by atoms with van der Waals surface area (Å²) in [5.74, 6) is 0.731. The predicted molar refractivity (Wildman–Crippen MR) is 107 cm³/mol. The smallest absolute Gasteiger partial charge is 0.152 e. The van der Waals surface area contributed by atoms with Crippen LogP contribution < -0.4 is 5.73 Å². The Morgan fingerprint density at radius 3 is 1.54 bits per heavy atom. The first kappa shape index (κ1) is 23.6. The summed E-state index contributed by atoms with van der Waals surface area (Å²) in [5, 5.41) is 0. The third-order valence-electron chi connectivity index (χ3n) is 4.98. The molecule has 0 fully saturated rings. The fourth-order valence-corrected chi connectivity index (χ4v) is 3.55. The van der Waals surface area contributed by atoms with Crippen molar-refractivity contribution in [2.45, 2.75) is 130 Å². The van der Waals surface area contributed by atoms with Crippen LogP contribution in [0.4, 0.5) is 0 Å². The first-order valence-corrected chi connectivity index (χ1v) is 10.7. The lowest BCUT2D eigenvalue weighted by atomic mass is 9.85. The zero-order valence-electron chi connectivity index (χ0n) is 17.2. The van der Waals surface area contributed by atoms with Gasteiger partial charge in [-0.25, -0.2) is 0 Å². The summed E-state index contributed by atoms with van der Waals surface area (Å²) in [6, 6.07) is 0. The van der Waals surface area contributed by atoms with Gasteiger partial charge in [-0.1, -0.05) is 97.8 Å². The maximum atomic E-state index is 12.2. The van der Waals surface area contributed by atoms with Crippen LogP contribution in [0.15, 0.2) is 0 Å². The topological polar surface area (TPSA) is 43.1 Å². The minimum absolute atomic E-state index is 0.249. The number of unbranched alkanes of at least 4 members (excludes halogenated alkanes) is 12. The highest BCUT2D eigenvalue weighted by atomic mass is 16.1. The van der Waals surface area contributed by atoms with Crippen molar-refractivity contribution >= 4 is 5.78 Å². The summed E-state index contributed by atoms with van der Waals surface area (Å²) in [7, 11) is 0. The Morgan fingerprint density at radius 2 is 1.17 bits per heavy atom. The highest BCUT2D eigenvalue weighted by Gasteiger charge is 2.27. The first-order valence-electron chi connectivity index (χ1n) is 10.7. The number of hydrogen-bond acceptors (Lipinski definition) is 2. The van der Waals surface area contributed by atoms with Crippen molar-refractivity contribution in [2.24, 2.45) is 11.7 Å². The summed E-state index contributed by atoms with van der Waals surface area (Å²) in [4.78, 5) is 12.2. The van der Waals surface area contributed by atoms with E-state index in [9.17, 15) is 4.79 Å². The minimum atomic E-state index is -0.620. The van der Waals surface area contributed by atoms with Crippen molar-refractivity contribution in [1.29, 1.82) is 0 Å². The molecule has 0 amide bonds. The molecule has 0 bridgehead atoms. The van der Waals surface area contributed by atoms with E-state index in [1.54, 1.807) is 0 Å². The molecule has 24 heavy (non-hydrogen) atoms. The summed E-state index contributed by atoms with van der Waals surface area (Å²) in [6.07, 6.45) is 18.9. The van der Waals surface area contributed by atoms with Crippen LogP contribution in [-0.4, -0.2) is 11.3 Å². The molecule has 0 saturated carbocycles. The molecule has 2 nitrogen and oxygen atoms in total. The molecule has 2 N–H and O–H groups in total. The van der Waals surface area contributed by atoms with E-state index < -0.39 is 5.54 Å². The highest BCUT2D eigenvalue weighted by Crippen LogP contribution is 2.18. The van der Waals surface area contributed by atoms with Crippen LogP contribution >= 0.6 is 0 Å². The lowest BCUT2D eigenvalue weighted by Gasteiger charge is -2.25. The quantitative estimate of drug-likeness (QED) is 0.296. The summed E-state index contributed by atoms with van der Waals surface area (Å²) >= 11 is 0. The van der Waals surface area contributed by atoms with Gasteiger partial charge in [0.2, 0.25) is 0 Å². The number of nitrogens with two attached hydrogens (primary N) is 1. The number of Topliss-reactive ketones (excluding diaryl/α,β-unsaturated/α-hetero) is 1. The van der Waals surface area contributed by atoms with Gasteiger partial charge < -0.3 is 5.73 Å². The van der Waals surface area contributed by atoms with Gasteiger partial charge in [-0.15, -0.1) is 0 Å². The van der Waals surface area contributed by atoms with Gasteiger partial charge in [0.1, 0.15) is 0 Å². The van der Waals surface area contributed by atoms with Crippen LogP contribution in [0.1, 0.15) is 124 Å². The molecule has 0 spiro atoms. The molecular weight excluding hydrogens is 294 g/mol. The van der Waals surface area contributed by atoms with Gasteiger partial charge >= 0.3 is 0 Å². The summed E-state index contributed by atoms with van der Waals surface area (Å²) < 4.78 is 0. The van der Waals surface area contributed by atoms with Gasteiger partial charge in [-0.05, 0) is 25.7 Å². The molecule has 0 aromatic carbocycles. The second-order valence-corrected chi connectivity index (χ2v) is 8.43. The third-order valence-corrected chi connectivity index (χ3v) is 4.98. The standard InChI is InChI=1S/C22H45NO/c1-5-6-7-8-9-10-11-12-13-14-15-16-17-18-21(24)22(4,23)19-20(2)3/h20H,5-19,23H2,1-4H3. The van der Waals surface area contributed by atoms with Crippen molar-refractivity contribution in [3.05, 3.63) is 0 Å². The SMILES string of the molecule is CCCCCCCCCCCCCCCC(=O)C(C)(N)CC(C)C. The number of hydrogen-bond donors (Lipinski definition) is 1. The maximum absolute atomic E-state index is 12.2. The molecule has 0 heterocycles. The Hall–Kier alpha value is -0.370. The van der Waals surface area contributed by atoms with Crippen molar-refractivity contribution < 1.29 is 4.79 Å². The predicted octanol–water partition coefficient (Wildman–Crippen LogP) is 6.80. The summed E-state index contributed by atoms with van der Waals surface area (Å²) in [5.41, 5.74) is 5.54. The zero-order valence-corrected chi connectivity index (χ0v) is 17.2. The molecule has 0 aliphatic heterocycles. The molecule has 0 rings (SSSR count). The van der Waals surface area contributed by atoms with Crippen LogP contribution in [0.5, 0.6) is 0 Å². The second-order valence-electron chi connectivity index (χ2n) is 8.43. The van der Waals surface area contributed by atoms with E-state index in [1.165, 1.54) is 77.0 Å². The number of carbonyl (C=O) groups is 1. The third kappa shape index (κ3) is 14.0. The van der Waals surface area contributed by atoms with E-state index in [4.69, 9.17) is 5.73 Å². The van der Waals surface area contributed by atoms with E-state index in [0.29, 0.717) is 12.3 Å². The van der Waals surface area contributed by atoms with E-state index >= 15 is 0 Å². The average Bonchev–Trinajstić information content (AvgIpc) is 2.50. The average molecular weight is 340 g/mol. The Morgan fingerprint density at radius 1 is 0.792 bits per heavy atom. The largest absolute Gasteiger partial charge is 0.319 e. The van der Waals surface area contributed by atoms with Crippen LogP contribution in [0, 0.1) is 5.92 Å². The minimum Gasteiger partial charge on any atom is -0.319 e. The Balaban J connectivity index is 3.37. The first-order chi connectivity index (χ1) is 11.4. The highest BCUT2D eigenvalue weighted by molar-refractivity contribution is 5.87. The lowest BCUT2D eigenvalue weighted by Crippen LogP contribution is -2.45. The Labute approximate surface area is 152 Å². The number of rotatable bonds is 17. The van der Waals surface area contributed by atoms with E-state index in [-0.39, 0.29) is 5.78 Å². The zero-order chi connectivity index (χ0) is 18.3. The molecule has 2 heteroatoms. The van der Waals surface area contributed by atoms with Gasteiger partial charge in [0.25, 0.3) is 0 Å². The van der Waals surface area contributed by atoms with Crippen molar-refractivity contribution in [2.75, 3.05) is 0 Å². The number of carbonyl (C=O) groups excluding carboxylic acids is 1. The van der Waals surface area contributed by atoms with Crippen molar-refractivity contribution in [3.8, 4) is 0 Å². The van der Waals surface area contributed by atoms with Gasteiger partial charge in [-0.3, -0.25) is 4.79 Å². The Bertz CT molecular complexity index is 296. The fourth-order valence-electron chi connectivity index (χ4n) is 3.55. The molecule has 1 unspecified atom stereocenters. The van der Waals surface area contributed by atoms with E-state index in [1.807, 2.05) is 6.92 Å². The van der Waals surface area contributed by atoms with Gasteiger partial charge in [0.15, 0.2) is 5.78 Å². The second kappa shape index (κ2) is 14.9. The fraction of sp³-hybridized carbons (Fsp3) is 0.955. The molecule has 0 aromatic rings. The van der Waals surface area contributed by atoms with Gasteiger partial charge in [-0.2, -0.15) is 0 Å². The molecule has 1 atom stereocenters. The molecule has 0 aromatic heterocycles. The maximum Gasteiger partial charge on any atom is 0.152 e. The number of ketones is 1. The van der Waals surface area contributed by atoms with E-state index in [2.05, 4.69) is 20.8 Å². The normalized spacial score (nSPS) is 14.1. The molecule has 0 aliphatic rings. The van der Waals surface area contributed by atoms with Crippen LogP contribution in [0.25, 0.3) is 0 Å². The van der Waals surface area contributed by atoms with Crippen molar-refractivity contribution in [3.63, 3.8) is 0 Å². The molecule has 0 aliphatic carbocycles. The molecule has 0 saturated heterocycles. The van der Waals surface area contributed by atoms with E-state index in [0.717, 1.165) is 12.8 Å². The monoisotopic (exact) mass is 339 g/mol. The van der Waals surface area contributed by atoms with Crippen LogP contribution in [0.2, 0.25) is 0 Å². The lowest BCUT2D eigenvalue weighted by molar-refractivity contribution is -0.124. The molecular formula is C22H45NO. The summed E-state index contributed by atoms with van der Waals surface area (Å²) in [6.45, 7) is 8.43. The van der Waals surface area contributed by atoms with Crippen molar-refractivity contribution in [1.82, 2.24) is 0 Å². The van der Waals surface area contributed by atoms with Gasteiger partial charge in [0, 0.05) is 6.42 Å². The molecule has 0 radical (unpaired) electrons. The van der Waals surface area contributed by atoms with Crippen LogP contribution in [0.3, 0.4) is 0 Å².